The Hall–Kier alpha value is -2.30. The molecule has 0 fully saturated rings. The first-order valence-electron chi connectivity index (χ1n) is 6.91. The molecule has 2 aromatic rings. The number of rotatable bonds is 5. The Kier molecular flexibility index (Phi) is 4.31. The number of aryl methyl sites for hydroxylation is 1. The van der Waals surface area contributed by atoms with Crippen molar-refractivity contribution in [2.24, 2.45) is 5.92 Å². The van der Waals surface area contributed by atoms with Crippen LogP contribution in [0.15, 0.2) is 28.7 Å². The summed E-state index contributed by atoms with van der Waals surface area (Å²) in [5.74, 6) is -1.23. The van der Waals surface area contributed by atoms with Gasteiger partial charge < -0.3 is 14.8 Å². The fourth-order valence-electron chi connectivity index (χ4n) is 2.24. The molecule has 1 aromatic heterocycles. The normalized spacial score (nSPS) is 12.6. The Morgan fingerprint density at radius 2 is 2.05 bits per heavy atom. The van der Waals surface area contributed by atoms with Gasteiger partial charge in [0.25, 0.3) is 5.91 Å². The Morgan fingerprint density at radius 3 is 2.62 bits per heavy atom. The molecule has 1 amide bonds. The van der Waals surface area contributed by atoms with E-state index in [-0.39, 0.29) is 11.7 Å². The molecule has 21 heavy (non-hydrogen) atoms. The molecule has 0 unspecified atom stereocenters. The second kappa shape index (κ2) is 5.99. The highest BCUT2D eigenvalue weighted by atomic mass is 16.4. The Balaban J connectivity index is 2.21. The Bertz CT molecular complexity index is 672. The average molecular weight is 289 g/mol. The zero-order chi connectivity index (χ0) is 15.6. The third kappa shape index (κ3) is 3.42. The lowest BCUT2D eigenvalue weighted by Gasteiger charge is -2.15. The van der Waals surface area contributed by atoms with Crippen molar-refractivity contribution in [2.75, 3.05) is 0 Å². The molecule has 2 N–H and O–H groups in total. The van der Waals surface area contributed by atoms with Crippen LogP contribution >= 0.6 is 0 Å². The Labute approximate surface area is 122 Å². The number of hydrogen-bond acceptors (Lipinski definition) is 3. The number of furan rings is 1. The van der Waals surface area contributed by atoms with E-state index in [9.17, 15) is 9.59 Å². The molecule has 0 bridgehead atoms. The summed E-state index contributed by atoms with van der Waals surface area (Å²) < 4.78 is 5.54. The van der Waals surface area contributed by atoms with E-state index in [0.717, 1.165) is 10.9 Å². The van der Waals surface area contributed by atoms with E-state index in [0.29, 0.717) is 12.0 Å². The van der Waals surface area contributed by atoms with Gasteiger partial charge in [0.1, 0.15) is 11.6 Å². The van der Waals surface area contributed by atoms with Crippen molar-refractivity contribution in [3.05, 3.63) is 35.6 Å². The van der Waals surface area contributed by atoms with E-state index < -0.39 is 17.9 Å². The van der Waals surface area contributed by atoms with E-state index in [1.54, 1.807) is 6.07 Å². The minimum absolute atomic E-state index is 0.134. The molecular formula is C16H19NO4. The van der Waals surface area contributed by atoms with Crippen LogP contribution < -0.4 is 5.32 Å². The molecular weight excluding hydrogens is 270 g/mol. The highest BCUT2D eigenvalue weighted by molar-refractivity contribution is 5.98. The first kappa shape index (κ1) is 15.1. The van der Waals surface area contributed by atoms with Gasteiger partial charge in [-0.1, -0.05) is 32.0 Å². The van der Waals surface area contributed by atoms with Crippen LogP contribution in [-0.4, -0.2) is 23.0 Å². The fourth-order valence-corrected chi connectivity index (χ4v) is 2.24. The summed E-state index contributed by atoms with van der Waals surface area (Å²) >= 11 is 0. The lowest BCUT2D eigenvalue weighted by atomic mass is 10.0. The predicted molar refractivity (Wildman–Crippen MR) is 79.3 cm³/mol. The van der Waals surface area contributed by atoms with Crippen LogP contribution in [0.5, 0.6) is 0 Å². The van der Waals surface area contributed by atoms with Gasteiger partial charge in [-0.25, -0.2) is 4.79 Å². The smallest absolute Gasteiger partial charge is 0.326 e. The van der Waals surface area contributed by atoms with Crippen molar-refractivity contribution in [1.82, 2.24) is 5.32 Å². The van der Waals surface area contributed by atoms with Gasteiger partial charge in [-0.3, -0.25) is 4.79 Å². The fraction of sp³-hybridized carbons (Fsp3) is 0.375. The van der Waals surface area contributed by atoms with Gasteiger partial charge in [0, 0.05) is 5.39 Å². The number of carboxylic acids is 1. The van der Waals surface area contributed by atoms with Crippen LogP contribution in [0.3, 0.4) is 0 Å². The maximum absolute atomic E-state index is 12.2. The van der Waals surface area contributed by atoms with Crippen LogP contribution in [-0.2, 0) is 4.79 Å². The highest BCUT2D eigenvalue weighted by Crippen LogP contribution is 2.22. The van der Waals surface area contributed by atoms with Gasteiger partial charge in [-0.2, -0.15) is 0 Å². The molecule has 0 saturated heterocycles. The standard InChI is InChI=1S/C16H19NO4/c1-9(2)7-12(16(19)20)17-15(18)13-8-11-6-4-5-10(3)14(11)21-13/h4-6,8-9,12H,7H2,1-3H3,(H,17,18)(H,19,20)/t12-/m1/s1. The summed E-state index contributed by atoms with van der Waals surface area (Å²) in [5.41, 5.74) is 1.59. The SMILES string of the molecule is Cc1cccc2cc(C(=O)N[C@H](CC(C)C)C(=O)O)oc12. The van der Waals surface area contributed by atoms with E-state index in [4.69, 9.17) is 9.52 Å². The second-order valence-corrected chi connectivity index (χ2v) is 5.60. The van der Waals surface area contributed by atoms with E-state index >= 15 is 0 Å². The summed E-state index contributed by atoms with van der Waals surface area (Å²) in [4.78, 5) is 23.3. The van der Waals surface area contributed by atoms with Crippen LogP contribution in [0.2, 0.25) is 0 Å². The number of benzene rings is 1. The topological polar surface area (TPSA) is 79.5 Å². The van der Waals surface area contributed by atoms with Crippen LogP contribution in [0.25, 0.3) is 11.0 Å². The molecule has 1 aromatic carbocycles. The zero-order valence-corrected chi connectivity index (χ0v) is 12.3. The van der Waals surface area contributed by atoms with Gasteiger partial charge in [0.05, 0.1) is 0 Å². The van der Waals surface area contributed by atoms with Gasteiger partial charge in [-0.15, -0.1) is 0 Å². The number of hydrogen-bond donors (Lipinski definition) is 2. The summed E-state index contributed by atoms with van der Waals surface area (Å²) in [5, 5.41) is 12.5. The van der Waals surface area contributed by atoms with Gasteiger partial charge in [0.15, 0.2) is 5.76 Å². The molecule has 2 rings (SSSR count). The highest BCUT2D eigenvalue weighted by Gasteiger charge is 2.23. The lowest BCUT2D eigenvalue weighted by Crippen LogP contribution is -2.41. The van der Waals surface area contributed by atoms with Gasteiger partial charge >= 0.3 is 5.97 Å². The molecule has 5 nitrogen and oxygen atoms in total. The molecule has 5 heteroatoms. The first-order valence-corrected chi connectivity index (χ1v) is 6.91. The quantitative estimate of drug-likeness (QED) is 0.886. The van der Waals surface area contributed by atoms with Crippen LogP contribution in [0, 0.1) is 12.8 Å². The number of carboxylic acid groups (broad SMARTS) is 1. The van der Waals surface area contributed by atoms with Crippen molar-refractivity contribution in [3.8, 4) is 0 Å². The molecule has 1 atom stereocenters. The van der Waals surface area contributed by atoms with E-state index in [2.05, 4.69) is 5.32 Å². The minimum Gasteiger partial charge on any atom is -0.480 e. The van der Waals surface area contributed by atoms with Crippen molar-refractivity contribution < 1.29 is 19.1 Å². The monoisotopic (exact) mass is 289 g/mol. The lowest BCUT2D eigenvalue weighted by molar-refractivity contribution is -0.139. The maximum atomic E-state index is 12.2. The number of nitrogens with one attached hydrogen (secondary N) is 1. The molecule has 0 radical (unpaired) electrons. The summed E-state index contributed by atoms with van der Waals surface area (Å²) in [6.07, 6.45) is 0.375. The molecule has 1 heterocycles. The van der Waals surface area contributed by atoms with Crippen molar-refractivity contribution in [2.45, 2.75) is 33.2 Å². The number of aliphatic carboxylic acids is 1. The summed E-state index contributed by atoms with van der Waals surface area (Å²) in [7, 11) is 0. The van der Waals surface area contributed by atoms with Crippen molar-refractivity contribution in [3.63, 3.8) is 0 Å². The van der Waals surface area contributed by atoms with Gasteiger partial charge in [-0.05, 0) is 30.9 Å². The molecule has 0 saturated carbocycles. The first-order chi connectivity index (χ1) is 9.88. The van der Waals surface area contributed by atoms with Crippen molar-refractivity contribution >= 4 is 22.8 Å². The number of para-hydroxylation sites is 1. The maximum Gasteiger partial charge on any atom is 0.326 e. The predicted octanol–water partition coefficient (Wildman–Crippen LogP) is 2.97. The number of carbonyl (C=O) groups excluding carboxylic acids is 1. The van der Waals surface area contributed by atoms with E-state index in [1.165, 1.54) is 0 Å². The molecule has 0 aliphatic carbocycles. The third-order valence-electron chi connectivity index (χ3n) is 3.28. The number of amides is 1. The minimum atomic E-state index is -1.04. The second-order valence-electron chi connectivity index (χ2n) is 5.60. The molecule has 0 aliphatic heterocycles. The van der Waals surface area contributed by atoms with Gasteiger partial charge in [0.2, 0.25) is 0 Å². The zero-order valence-electron chi connectivity index (χ0n) is 12.3. The Morgan fingerprint density at radius 1 is 1.33 bits per heavy atom. The molecule has 112 valence electrons. The number of carbonyl (C=O) groups is 2. The summed E-state index contributed by atoms with van der Waals surface area (Å²) in [6, 6.07) is 6.35. The third-order valence-corrected chi connectivity index (χ3v) is 3.28. The molecule has 0 spiro atoms. The van der Waals surface area contributed by atoms with E-state index in [1.807, 2.05) is 39.0 Å². The summed E-state index contributed by atoms with van der Waals surface area (Å²) in [6.45, 7) is 5.71. The van der Waals surface area contributed by atoms with Crippen LogP contribution in [0.1, 0.15) is 36.4 Å². The number of fused-ring (bicyclic) bond motifs is 1. The van der Waals surface area contributed by atoms with Crippen molar-refractivity contribution in [1.29, 1.82) is 0 Å². The molecule has 0 aliphatic rings. The van der Waals surface area contributed by atoms with Crippen LogP contribution in [0.4, 0.5) is 0 Å². The largest absolute Gasteiger partial charge is 0.480 e. The average Bonchev–Trinajstić information content (AvgIpc) is 2.82.